The highest BCUT2D eigenvalue weighted by Gasteiger charge is 2.11. The second kappa shape index (κ2) is 6.65. The van der Waals surface area contributed by atoms with Crippen LogP contribution in [-0.2, 0) is 6.54 Å². The molecule has 0 unspecified atom stereocenters. The Hall–Kier alpha value is -3.12. The van der Waals surface area contributed by atoms with Gasteiger partial charge in [-0.25, -0.2) is 9.97 Å². The fourth-order valence-electron chi connectivity index (χ4n) is 2.78. The van der Waals surface area contributed by atoms with Crippen LogP contribution >= 0.6 is 11.6 Å². The highest BCUT2D eigenvalue weighted by molar-refractivity contribution is 6.30. The maximum Gasteiger partial charge on any atom is 0.275 e. The molecule has 1 aromatic carbocycles. The molecule has 0 bridgehead atoms. The van der Waals surface area contributed by atoms with Crippen LogP contribution in [0, 0.1) is 6.92 Å². The number of halogens is 1. The van der Waals surface area contributed by atoms with E-state index in [4.69, 9.17) is 11.6 Å². The standard InChI is InChI=1S/C19H16ClN5O/c1-13-21-7-8-24(13)10-14-3-2-4-16(9-14)22-19(26)17-12-25-11-15(20)5-6-18(25)23-17/h2-9,11-12H,10H2,1H3,(H,22,26). The fraction of sp³-hybridized carbons (Fsp3) is 0.105. The van der Waals surface area contributed by atoms with Crippen LogP contribution in [0.1, 0.15) is 21.9 Å². The number of rotatable bonds is 4. The van der Waals surface area contributed by atoms with E-state index < -0.39 is 0 Å². The van der Waals surface area contributed by atoms with Crippen LogP contribution in [-0.4, -0.2) is 24.8 Å². The molecule has 0 fully saturated rings. The van der Waals surface area contributed by atoms with Crippen molar-refractivity contribution in [1.82, 2.24) is 18.9 Å². The molecule has 6 nitrogen and oxygen atoms in total. The lowest BCUT2D eigenvalue weighted by Gasteiger charge is -2.08. The van der Waals surface area contributed by atoms with Gasteiger partial charge in [-0.2, -0.15) is 0 Å². The average molecular weight is 366 g/mol. The van der Waals surface area contributed by atoms with Gasteiger partial charge in [-0.1, -0.05) is 23.7 Å². The number of aryl methyl sites for hydroxylation is 1. The first-order chi connectivity index (χ1) is 12.6. The second-order valence-corrected chi connectivity index (χ2v) is 6.43. The minimum Gasteiger partial charge on any atom is -0.331 e. The number of aromatic nitrogens is 4. The predicted molar refractivity (Wildman–Crippen MR) is 101 cm³/mol. The van der Waals surface area contributed by atoms with Crippen molar-refractivity contribution in [3.05, 3.63) is 83.3 Å². The van der Waals surface area contributed by atoms with Gasteiger partial charge in [0, 0.05) is 37.0 Å². The third kappa shape index (κ3) is 3.32. The molecule has 0 radical (unpaired) electrons. The summed E-state index contributed by atoms with van der Waals surface area (Å²) in [5, 5.41) is 3.48. The molecule has 4 aromatic rings. The van der Waals surface area contributed by atoms with E-state index in [9.17, 15) is 4.79 Å². The topological polar surface area (TPSA) is 64.2 Å². The van der Waals surface area contributed by atoms with Gasteiger partial charge in [0.2, 0.25) is 0 Å². The Bertz CT molecular complexity index is 1100. The molecule has 0 spiro atoms. The summed E-state index contributed by atoms with van der Waals surface area (Å²) in [5.74, 6) is 0.684. The number of nitrogens with one attached hydrogen (secondary N) is 1. The summed E-state index contributed by atoms with van der Waals surface area (Å²) in [6, 6.07) is 11.3. The zero-order valence-corrected chi connectivity index (χ0v) is 14.8. The molecule has 1 N–H and O–H groups in total. The number of amides is 1. The van der Waals surface area contributed by atoms with Gasteiger partial charge in [0.15, 0.2) is 0 Å². The van der Waals surface area contributed by atoms with Crippen molar-refractivity contribution in [3.63, 3.8) is 0 Å². The summed E-state index contributed by atoms with van der Waals surface area (Å²) in [6.07, 6.45) is 7.09. The minimum atomic E-state index is -0.263. The van der Waals surface area contributed by atoms with Crippen LogP contribution in [0.25, 0.3) is 5.65 Å². The van der Waals surface area contributed by atoms with E-state index in [0.717, 1.165) is 17.1 Å². The van der Waals surface area contributed by atoms with Gasteiger partial charge in [-0.3, -0.25) is 4.79 Å². The van der Waals surface area contributed by atoms with Gasteiger partial charge >= 0.3 is 0 Å². The monoisotopic (exact) mass is 365 g/mol. The molecule has 3 heterocycles. The largest absolute Gasteiger partial charge is 0.331 e. The van der Waals surface area contributed by atoms with Crippen LogP contribution in [0.15, 0.2) is 61.2 Å². The molecule has 26 heavy (non-hydrogen) atoms. The molecular formula is C19H16ClN5O. The van der Waals surface area contributed by atoms with Gasteiger partial charge in [0.05, 0.1) is 5.02 Å². The van der Waals surface area contributed by atoms with Crippen molar-refractivity contribution in [1.29, 1.82) is 0 Å². The summed E-state index contributed by atoms with van der Waals surface area (Å²) in [7, 11) is 0. The average Bonchev–Trinajstić information content (AvgIpc) is 3.21. The SMILES string of the molecule is Cc1nccn1Cc1cccc(NC(=O)c2cn3cc(Cl)ccc3n2)c1. The zero-order chi connectivity index (χ0) is 18.1. The first kappa shape index (κ1) is 16.4. The fourth-order valence-corrected chi connectivity index (χ4v) is 2.95. The molecule has 0 saturated carbocycles. The van der Waals surface area contributed by atoms with Gasteiger partial charge < -0.3 is 14.3 Å². The van der Waals surface area contributed by atoms with E-state index in [1.165, 1.54) is 0 Å². The first-order valence-electron chi connectivity index (χ1n) is 8.11. The van der Waals surface area contributed by atoms with Crippen LogP contribution in [0.5, 0.6) is 0 Å². The van der Waals surface area contributed by atoms with E-state index in [1.54, 1.807) is 35.1 Å². The number of fused-ring (bicyclic) bond motifs is 1. The van der Waals surface area contributed by atoms with Crippen molar-refractivity contribution in [2.24, 2.45) is 0 Å². The van der Waals surface area contributed by atoms with Crippen molar-refractivity contribution < 1.29 is 4.79 Å². The highest BCUT2D eigenvalue weighted by Crippen LogP contribution is 2.16. The van der Waals surface area contributed by atoms with E-state index in [-0.39, 0.29) is 5.91 Å². The molecule has 0 aliphatic heterocycles. The van der Waals surface area contributed by atoms with Crippen LogP contribution in [0.2, 0.25) is 5.02 Å². The summed E-state index contributed by atoms with van der Waals surface area (Å²) < 4.78 is 3.78. The molecule has 1 amide bonds. The van der Waals surface area contributed by atoms with Crippen LogP contribution < -0.4 is 5.32 Å². The number of hydrogen-bond acceptors (Lipinski definition) is 3. The number of imidazole rings is 2. The number of anilines is 1. The quantitative estimate of drug-likeness (QED) is 0.598. The third-order valence-electron chi connectivity index (χ3n) is 4.11. The van der Waals surface area contributed by atoms with E-state index >= 15 is 0 Å². The van der Waals surface area contributed by atoms with Crippen molar-refractivity contribution in [2.75, 3.05) is 5.32 Å². The number of hydrogen-bond donors (Lipinski definition) is 1. The Morgan fingerprint density at radius 3 is 2.92 bits per heavy atom. The number of carbonyl (C=O) groups excluding carboxylic acids is 1. The number of carbonyl (C=O) groups is 1. The van der Waals surface area contributed by atoms with E-state index in [0.29, 0.717) is 22.9 Å². The van der Waals surface area contributed by atoms with Crippen LogP contribution in [0.3, 0.4) is 0 Å². The maximum atomic E-state index is 12.5. The Balaban J connectivity index is 1.53. The van der Waals surface area contributed by atoms with Gasteiger partial charge in [0.1, 0.15) is 17.2 Å². The maximum absolute atomic E-state index is 12.5. The zero-order valence-electron chi connectivity index (χ0n) is 14.1. The number of nitrogens with zero attached hydrogens (tertiary/aromatic N) is 4. The minimum absolute atomic E-state index is 0.263. The lowest BCUT2D eigenvalue weighted by atomic mass is 10.2. The molecule has 7 heteroatoms. The normalized spacial score (nSPS) is 11.0. The summed E-state index contributed by atoms with van der Waals surface area (Å²) in [6.45, 7) is 2.66. The van der Waals surface area contributed by atoms with E-state index in [2.05, 4.69) is 15.3 Å². The van der Waals surface area contributed by atoms with Gasteiger partial charge in [-0.15, -0.1) is 0 Å². The lowest BCUT2D eigenvalue weighted by Crippen LogP contribution is -2.12. The Morgan fingerprint density at radius 2 is 2.12 bits per heavy atom. The van der Waals surface area contributed by atoms with Crippen LogP contribution in [0.4, 0.5) is 5.69 Å². The van der Waals surface area contributed by atoms with Crippen molar-refractivity contribution in [2.45, 2.75) is 13.5 Å². The van der Waals surface area contributed by atoms with Gasteiger partial charge in [0.25, 0.3) is 5.91 Å². The summed E-state index contributed by atoms with van der Waals surface area (Å²) in [4.78, 5) is 21.1. The molecule has 0 aliphatic carbocycles. The number of benzene rings is 1. The van der Waals surface area contributed by atoms with E-state index in [1.807, 2.05) is 42.0 Å². The first-order valence-corrected chi connectivity index (χ1v) is 8.48. The Labute approximate surface area is 155 Å². The highest BCUT2D eigenvalue weighted by atomic mass is 35.5. The molecule has 0 saturated heterocycles. The molecule has 0 aliphatic rings. The summed E-state index contributed by atoms with van der Waals surface area (Å²) >= 11 is 5.97. The molecule has 3 aromatic heterocycles. The smallest absolute Gasteiger partial charge is 0.275 e. The molecule has 0 atom stereocenters. The van der Waals surface area contributed by atoms with Crippen molar-refractivity contribution >= 4 is 28.8 Å². The third-order valence-corrected chi connectivity index (χ3v) is 4.33. The molecule has 4 rings (SSSR count). The Kier molecular flexibility index (Phi) is 4.18. The number of pyridine rings is 1. The Morgan fingerprint density at radius 1 is 1.23 bits per heavy atom. The lowest BCUT2D eigenvalue weighted by molar-refractivity contribution is 0.102. The van der Waals surface area contributed by atoms with Gasteiger partial charge in [-0.05, 0) is 36.8 Å². The van der Waals surface area contributed by atoms with Crippen molar-refractivity contribution in [3.8, 4) is 0 Å². The molecule has 130 valence electrons. The predicted octanol–water partition coefficient (Wildman–Crippen LogP) is 3.79. The molecular weight excluding hydrogens is 350 g/mol. The second-order valence-electron chi connectivity index (χ2n) is 6.00. The summed E-state index contributed by atoms with van der Waals surface area (Å²) in [5.41, 5.74) is 2.80.